The molecule has 6 heteroatoms. The molecule has 2 aliphatic rings. The summed E-state index contributed by atoms with van der Waals surface area (Å²) >= 11 is 0. The van der Waals surface area contributed by atoms with E-state index in [9.17, 15) is 9.59 Å². The first kappa shape index (κ1) is 16.9. The molecule has 1 heterocycles. The number of Topliss-reactive ketones (excluding diaryl/α,β-unsaturated/α-hetero) is 1. The molecule has 0 bridgehead atoms. The predicted molar refractivity (Wildman–Crippen MR) is 80.2 cm³/mol. The van der Waals surface area contributed by atoms with Crippen LogP contribution < -0.4 is 11.5 Å². The number of hydrogen-bond acceptors (Lipinski definition) is 4. The minimum atomic E-state index is -0.787. The lowest BCUT2D eigenvalue weighted by Gasteiger charge is -2.25. The van der Waals surface area contributed by atoms with Crippen LogP contribution in [0.25, 0.3) is 0 Å². The maximum absolute atomic E-state index is 12.5. The van der Waals surface area contributed by atoms with Crippen LogP contribution in [0.2, 0.25) is 0 Å². The van der Waals surface area contributed by atoms with Crippen molar-refractivity contribution in [3.8, 4) is 0 Å². The Morgan fingerprint density at radius 2 is 2.15 bits per heavy atom. The molecule has 3 atom stereocenters. The van der Waals surface area contributed by atoms with E-state index in [0.717, 1.165) is 24.0 Å². The average molecular weight is 300 g/mol. The lowest BCUT2D eigenvalue weighted by atomic mass is 9.83. The van der Waals surface area contributed by atoms with Gasteiger partial charge in [0, 0.05) is 13.5 Å². The summed E-state index contributed by atoms with van der Waals surface area (Å²) in [6, 6.07) is -0.652. The largest absolute Gasteiger partial charge is 0.329 e. The van der Waals surface area contributed by atoms with Crippen LogP contribution in [0.3, 0.4) is 0 Å². The van der Waals surface area contributed by atoms with Gasteiger partial charge in [-0.15, -0.1) is 12.4 Å². The van der Waals surface area contributed by atoms with Crippen LogP contribution in [0.1, 0.15) is 26.2 Å². The highest BCUT2D eigenvalue weighted by Crippen LogP contribution is 2.33. The van der Waals surface area contributed by atoms with Gasteiger partial charge in [-0.1, -0.05) is 17.7 Å². The second kappa shape index (κ2) is 6.52. The molecule has 1 unspecified atom stereocenters. The Bertz CT molecular complexity index is 471. The highest BCUT2D eigenvalue weighted by Gasteiger charge is 2.39. The maximum Gasteiger partial charge on any atom is 0.238 e. The van der Waals surface area contributed by atoms with Gasteiger partial charge < -0.3 is 16.4 Å². The van der Waals surface area contributed by atoms with E-state index >= 15 is 0 Å². The summed E-state index contributed by atoms with van der Waals surface area (Å²) in [6.45, 7) is 1.62. The van der Waals surface area contributed by atoms with E-state index in [0.29, 0.717) is 6.42 Å². The molecule has 0 aromatic carbocycles. The van der Waals surface area contributed by atoms with Gasteiger partial charge in [-0.25, -0.2) is 0 Å². The van der Waals surface area contributed by atoms with Crippen molar-refractivity contribution in [2.75, 3.05) is 7.05 Å². The minimum Gasteiger partial charge on any atom is -0.329 e. The van der Waals surface area contributed by atoms with Crippen molar-refractivity contribution in [3.63, 3.8) is 0 Å². The van der Waals surface area contributed by atoms with Gasteiger partial charge in [-0.05, 0) is 25.3 Å². The highest BCUT2D eigenvalue weighted by atomic mass is 35.5. The first-order chi connectivity index (χ1) is 8.93. The zero-order chi connectivity index (χ0) is 14.2. The van der Waals surface area contributed by atoms with Crippen molar-refractivity contribution in [1.29, 1.82) is 0 Å². The van der Waals surface area contributed by atoms with Crippen LogP contribution in [0, 0.1) is 5.92 Å². The monoisotopic (exact) mass is 299 g/mol. The fourth-order valence-electron chi connectivity index (χ4n) is 2.68. The Hall–Kier alpha value is -1.17. The molecule has 1 amide bonds. The molecule has 0 aromatic heterocycles. The Labute approximate surface area is 125 Å². The molecule has 20 heavy (non-hydrogen) atoms. The normalized spacial score (nSPS) is 27.6. The van der Waals surface area contributed by atoms with Crippen molar-refractivity contribution in [3.05, 3.63) is 23.3 Å². The quantitative estimate of drug-likeness (QED) is 0.736. The van der Waals surface area contributed by atoms with Gasteiger partial charge in [0.05, 0.1) is 12.2 Å². The smallest absolute Gasteiger partial charge is 0.238 e. The van der Waals surface area contributed by atoms with Crippen molar-refractivity contribution in [2.45, 2.75) is 38.4 Å². The third-order valence-electron chi connectivity index (χ3n) is 3.91. The number of carbonyl (C=O) groups is 2. The molecule has 5 nitrogen and oxygen atoms in total. The lowest BCUT2D eigenvalue weighted by Crippen LogP contribution is -2.48. The van der Waals surface area contributed by atoms with Crippen LogP contribution in [0.15, 0.2) is 23.3 Å². The third kappa shape index (κ3) is 2.95. The molecular weight excluding hydrogens is 278 g/mol. The Morgan fingerprint density at radius 3 is 2.75 bits per heavy atom. The van der Waals surface area contributed by atoms with Crippen LogP contribution in [-0.4, -0.2) is 35.8 Å². The van der Waals surface area contributed by atoms with Gasteiger partial charge in [0.2, 0.25) is 5.91 Å². The molecule has 0 saturated heterocycles. The summed E-state index contributed by atoms with van der Waals surface area (Å²) in [5.74, 6) is -1.26. The van der Waals surface area contributed by atoms with Crippen molar-refractivity contribution in [2.24, 2.45) is 17.4 Å². The number of allylic oxidation sites excluding steroid dienone is 2. The van der Waals surface area contributed by atoms with E-state index in [1.54, 1.807) is 14.0 Å². The summed E-state index contributed by atoms with van der Waals surface area (Å²) in [4.78, 5) is 26.2. The van der Waals surface area contributed by atoms with Gasteiger partial charge in [-0.2, -0.15) is 0 Å². The van der Waals surface area contributed by atoms with Crippen molar-refractivity contribution in [1.82, 2.24) is 4.90 Å². The standard InChI is InChI=1S/C14H21N3O2.ClH/c1-8(15)13(18)12-10-6-4-3-5-9(10)7-11(16)17(2)14(12)19;/h4,6,8,11-12H,3,5,7,15-16H2,1-2H3;1H/t8-,11?,12-;/m0./s1. The van der Waals surface area contributed by atoms with E-state index in [-0.39, 0.29) is 30.3 Å². The number of amides is 1. The van der Waals surface area contributed by atoms with Crippen molar-refractivity contribution < 1.29 is 9.59 Å². The second-order valence-corrected chi connectivity index (χ2v) is 5.34. The summed E-state index contributed by atoms with van der Waals surface area (Å²) < 4.78 is 0. The maximum atomic E-state index is 12.5. The van der Waals surface area contributed by atoms with Crippen molar-refractivity contribution >= 4 is 24.1 Å². The lowest BCUT2D eigenvalue weighted by molar-refractivity contribution is -0.140. The number of halogens is 1. The summed E-state index contributed by atoms with van der Waals surface area (Å²) in [6.07, 6.45) is 5.96. The molecule has 1 aliphatic carbocycles. The summed E-state index contributed by atoms with van der Waals surface area (Å²) in [5.41, 5.74) is 13.6. The zero-order valence-electron chi connectivity index (χ0n) is 11.8. The van der Waals surface area contributed by atoms with Gasteiger partial charge >= 0.3 is 0 Å². The molecule has 0 aromatic rings. The van der Waals surface area contributed by atoms with Gasteiger partial charge in [0.1, 0.15) is 5.92 Å². The highest BCUT2D eigenvalue weighted by molar-refractivity contribution is 6.07. The number of rotatable bonds is 2. The number of hydrogen-bond donors (Lipinski definition) is 2. The molecule has 0 saturated carbocycles. The number of nitrogens with two attached hydrogens (primary N) is 2. The molecule has 0 spiro atoms. The van der Waals surface area contributed by atoms with E-state index < -0.39 is 12.0 Å². The Balaban J connectivity index is 0.00000200. The van der Waals surface area contributed by atoms with Gasteiger partial charge in [0.15, 0.2) is 5.78 Å². The van der Waals surface area contributed by atoms with E-state index in [1.165, 1.54) is 4.90 Å². The minimum absolute atomic E-state index is 0. The van der Waals surface area contributed by atoms with Gasteiger partial charge in [0.25, 0.3) is 0 Å². The first-order valence-electron chi connectivity index (χ1n) is 6.63. The molecule has 0 fully saturated rings. The molecule has 0 radical (unpaired) electrons. The first-order valence-corrected chi connectivity index (χ1v) is 6.63. The Kier molecular flexibility index (Phi) is 5.50. The third-order valence-corrected chi connectivity index (χ3v) is 3.91. The fraction of sp³-hybridized carbons (Fsp3) is 0.571. The van der Waals surface area contributed by atoms with Crippen LogP contribution in [0.4, 0.5) is 0 Å². The Morgan fingerprint density at radius 1 is 1.50 bits per heavy atom. The second-order valence-electron chi connectivity index (χ2n) is 5.34. The summed E-state index contributed by atoms with van der Waals surface area (Å²) in [5, 5.41) is 0. The molecule has 2 rings (SSSR count). The topological polar surface area (TPSA) is 89.4 Å². The number of carbonyl (C=O) groups excluding carboxylic acids is 2. The van der Waals surface area contributed by atoms with Crippen LogP contribution in [0.5, 0.6) is 0 Å². The number of ketones is 1. The van der Waals surface area contributed by atoms with E-state index in [2.05, 4.69) is 0 Å². The number of nitrogens with zero attached hydrogens (tertiary/aromatic N) is 1. The summed E-state index contributed by atoms with van der Waals surface area (Å²) in [7, 11) is 1.65. The molecule has 112 valence electrons. The van der Waals surface area contributed by atoms with Crippen LogP contribution >= 0.6 is 12.4 Å². The molecule has 4 N–H and O–H groups in total. The predicted octanol–water partition coefficient (Wildman–Crippen LogP) is 0.734. The molecule has 1 aliphatic heterocycles. The van der Waals surface area contributed by atoms with Crippen LogP contribution in [-0.2, 0) is 9.59 Å². The average Bonchev–Trinajstić information content (AvgIpc) is 2.47. The van der Waals surface area contributed by atoms with E-state index in [4.69, 9.17) is 11.5 Å². The zero-order valence-corrected chi connectivity index (χ0v) is 12.7. The molecular formula is C14H22ClN3O2. The SMILES string of the molecule is C[C@H](N)C(=O)[C@H]1C(=O)N(C)C(N)CC2=C1C=CCC2.Cl. The van der Waals surface area contributed by atoms with Gasteiger partial charge in [-0.3, -0.25) is 9.59 Å². The fourth-order valence-corrected chi connectivity index (χ4v) is 2.68. The van der Waals surface area contributed by atoms with E-state index in [1.807, 2.05) is 12.2 Å².